The maximum Gasteiger partial charge on any atom is 0.189 e. The topological polar surface area (TPSA) is 50.4 Å². The smallest absolute Gasteiger partial charge is 0.189 e. The molecule has 3 nitrogen and oxygen atoms in total. The number of halogens is 1. The van der Waals surface area contributed by atoms with Gasteiger partial charge in [-0.2, -0.15) is 0 Å². The van der Waals surface area contributed by atoms with Crippen LogP contribution in [0.25, 0.3) is 0 Å². The van der Waals surface area contributed by atoms with Gasteiger partial charge in [-0.15, -0.1) is 24.0 Å². The summed E-state index contributed by atoms with van der Waals surface area (Å²) in [6, 6.07) is 8.96. The zero-order valence-electron chi connectivity index (χ0n) is 12.3. The standard InChI is InChI=1S/C16H25N3.HI/c1-13-8-10-14(11-9-13)12-18-16(17)19-15-6-4-2-3-5-7-15;/h8-11,15H,2-7,12H2,1H3,(H3,17,18,19);1H. The van der Waals surface area contributed by atoms with Crippen LogP contribution in [0.4, 0.5) is 0 Å². The molecule has 0 heterocycles. The molecule has 0 amide bonds. The van der Waals surface area contributed by atoms with Crippen molar-refractivity contribution in [3.63, 3.8) is 0 Å². The molecule has 0 aliphatic heterocycles. The summed E-state index contributed by atoms with van der Waals surface area (Å²) in [6.07, 6.45) is 7.78. The van der Waals surface area contributed by atoms with Crippen molar-refractivity contribution in [1.29, 1.82) is 0 Å². The van der Waals surface area contributed by atoms with Crippen molar-refractivity contribution in [3.05, 3.63) is 35.4 Å². The first-order valence-electron chi connectivity index (χ1n) is 7.36. The van der Waals surface area contributed by atoms with E-state index in [9.17, 15) is 0 Å². The van der Waals surface area contributed by atoms with E-state index < -0.39 is 0 Å². The molecule has 0 saturated heterocycles. The predicted molar refractivity (Wildman–Crippen MR) is 96.5 cm³/mol. The van der Waals surface area contributed by atoms with Gasteiger partial charge in [0.1, 0.15) is 0 Å². The molecule has 1 aliphatic rings. The molecule has 2 rings (SSSR count). The molecule has 3 N–H and O–H groups in total. The van der Waals surface area contributed by atoms with Crippen molar-refractivity contribution in [3.8, 4) is 0 Å². The number of aryl methyl sites for hydroxylation is 1. The maximum absolute atomic E-state index is 5.97. The highest BCUT2D eigenvalue weighted by atomic mass is 127. The molecule has 0 atom stereocenters. The molecule has 4 heteroatoms. The van der Waals surface area contributed by atoms with E-state index >= 15 is 0 Å². The van der Waals surface area contributed by atoms with Gasteiger partial charge in [0.15, 0.2) is 5.96 Å². The zero-order chi connectivity index (χ0) is 13.5. The van der Waals surface area contributed by atoms with E-state index in [-0.39, 0.29) is 24.0 Å². The number of rotatable bonds is 3. The molecule has 1 aromatic rings. The molecule has 0 unspecified atom stereocenters. The SMILES string of the molecule is Cc1ccc(CN=C(N)NC2CCCCCC2)cc1.I. The van der Waals surface area contributed by atoms with Gasteiger partial charge in [-0.3, -0.25) is 0 Å². The van der Waals surface area contributed by atoms with Crippen LogP contribution in [0.5, 0.6) is 0 Å². The highest BCUT2D eigenvalue weighted by Crippen LogP contribution is 2.16. The summed E-state index contributed by atoms with van der Waals surface area (Å²) in [6.45, 7) is 2.75. The lowest BCUT2D eigenvalue weighted by Crippen LogP contribution is -2.39. The van der Waals surface area contributed by atoms with Crippen LogP contribution in [0.2, 0.25) is 0 Å². The maximum atomic E-state index is 5.97. The van der Waals surface area contributed by atoms with E-state index in [4.69, 9.17) is 5.73 Å². The zero-order valence-corrected chi connectivity index (χ0v) is 14.6. The third-order valence-corrected chi connectivity index (χ3v) is 3.76. The highest BCUT2D eigenvalue weighted by molar-refractivity contribution is 14.0. The van der Waals surface area contributed by atoms with Gasteiger partial charge in [0, 0.05) is 6.04 Å². The molecule has 1 saturated carbocycles. The number of nitrogens with zero attached hydrogens (tertiary/aromatic N) is 1. The lowest BCUT2D eigenvalue weighted by molar-refractivity contribution is 0.530. The first kappa shape index (κ1) is 17.3. The predicted octanol–water partition coefficient (Wildman–Crippen LogP) is 3.74. The van der Waals surface area contributed by atoms with Gasteiger partial charge in [-0.05, 0) is 25.3 Å². The number of benzene rings is 1. The van der Waals surface area contributed by atoms with Gasteiger partial charge in [0.05, 0.1) is 6.54 Å². The number of hydrogen-bond donors (Lipinski definition) is 2. The Hall–Kier alpha value is -0.780. The first-order chi connectivity index (χ1) is 9.24. The molecular weight excluding hydrogens is 361 g/mol. The lowest BCUT2D eigenvalue weighted by Gasteiger charge is -2.16. The molecule has 0 spiro atoms. The molecule has 1 aliphatic carbocycles. The summed E-state index contributed by atoms with van der Waals surface area (Å²) in [5.74, 6) is 0.590. The fourth-order valence-corrected chi connectivity index (χ4v) is 2.55. The van der Waals surface area contributed by atoms with Crippen LogP contribution in [0.3, 0.4) is 0 Å². The van der Waals surface area contributed by atoms with Crippen molar-refractivity contribution in [1.82, 2.24) is 5.32 Å². The number of aliphatic imine (C=N–C) groups is 1. The van der Waals surface area contributed by atoms with Crippen molar-refractivity contribution in [2.45, 2.75) is 58.0 Å². The second-order valence-corrected chi connectivity index (χ2v) is 5.52. The minimum Gasteiger partial charge on any atom is -0.370 e. The molecular formula is C16H26IN3. The van der Waals surface area contributed by atoms with Gasteiger partial charge in [0.2, 0.25) is 0 Å². The number of hydrogen-bond acceptors (Lipinski definition) is 1. The molecule has 0 aromatic heterocycles. The van der Waals surface area contributed by atoms with Crippen LogP contribution in [0.1, 0.15) is 49.7 Å². The van der Waals surface area contributed by atoms with E-state index in [0.717, 1.165) is 0 Å². The van der Waals surface area contributed by atoms with Gasteiger partial charge < -0.3 is 11.1 Å². The van der Waals surface area contributed by atoms with E-state index in [1.165, 1.54) is 49.7 Å². The molecule has 20 heavy (non-hydrogen) atoms. The van der Waals surface area contributed by atoms with E-state index in [1.807, 2.05) is 0 Å². The van der Waals surface area contributed by atoms with Crippen LogP contribution in [0.15, 0.2) is 29.3 Å². The molecule has 0 radical (unpaired) electrons. The third kappa shape index (κ3) is 6.11. The first-order valence-corrected chi connectivity index (χ1v) is 7.36. The monoisotopic (exact) mass is 387 g/mol. The summed E-state index contributed by atoms with van der Waals surface area (Å²) in [7, 11) is 0. The molecule has 0 bridgehead atoms. The minimum atomic E-state index is 0. The van der Waals surface area contributed by atoms with Crippen LogP contribution in [0, 0.1) is 6.92 Å². The Morgan fingerprint density at radius 1 is 1.15 bits per heavy atom. The average Bonchev–Trinajstić information content (AvgIpc) is 2.67. The van der Waals surface area contributed by atoms with Gasteiger partial charge in [0.25, 0.3) is 0 Å². The summed E-state index contributed by atoms with van der Waals surface area (Å²) >= 11 is 0. The fourth-order valence-electron chi connectivity index (χ4n) is 2.55. The van der Waals surface area contributed by atoms with Gasteiger partial charge >= 0.3 is 0 Å². The van der Waals surface area contributed by atoms with Gasteiger partial charge in [-0.25, -0.2) is 4.99 Å². The Balaban J connectivity index is 0.00000200. The van der Waals surface area contributed by atoms with Gasteiger partial charge in [-0.1, -0.05) is 55.5 Å². The third-order valence-electron chi connectivity index (χ3n) is 3.76. The van der Waals surface area contributed by atoms with Crippen LogP contribution < -0.4 is 11.1 Å². The fraction of sp³-hybridized carbons (Fsp3) is 0.562. The van der Waals surface area contributed by atoms with E-state index in [2.05, 4.69) is 41.5 Å². The van der Waals surface area contributed by atoms with E-state index in [1.54, 1.807) is 0 Å². The van der Waals surface area contributed by atoms with Crippen LogP contribution in [-0.4, -0.2) is 12.0 Å². The minimum absolute atomic E-state index is 0. The van der Waals surface area contributed by atoms with Crippen molar-refractivity contribution >= 4 is 29.9 Å². The van der Waals surface area contributed by atoms with Crippen molar-refractivity contribution in [2.24, 2.45) is 10.7 Å². The number of nitrogens with one attached hydrogen (secondary N) is 1. The Morgan fingerprint density at radius 3 is 2.35 bits per heavy atom. The second kappa shape index (κ2) is 9.21. The quantitative estimate of drug-likeness (QED) is 0.359. The Bertz CT molecular complexity index is 406. The Morgan fingerprint density at radius 2 is 1.75 bits per heavy atom. The van der Waals surface area contributed by atoms with Crippen molar-refractivity contribution in [2.75, 3.05) is 0 Å². The largest absolute Gasteiger partial charge is 0.370 e. The van der Waals surface area contributed by atoms with Crippen LogP contribution in [-0.2, 0) is 6.54 Å². The second-order valence-electron chi connectivity index (χ2n) is 5.52. The molecule has 1 aromatic carbocycles. The summed E-state index contributed by atoms with van der Waals surface area (Å²) in [4.78, 5) is 4.43. The lowest BCUT2D eigenvalue weighted by atomic mass is 10.1. The summed E-state index contributed by atoms with van der Waals surface area (Å²) < 4.78 is 0. The normalized spacial score (nSPS) is 17.1. The number of nitrogens with two attached hydrogens (primary N) is 1. The van der Waals surface area contributed by atoms with Crippen molar-refractivity contribution < 1.29 is 0 Å². The summed E-state index contributed by atoms with van der Waals surface area (Å²) in [5.41, 5.74) is 8.45. The summed E-state index contributed by atoms with van der Waals surface area (Å²) in [5, 5.41) is 3.37. The average molecular weight is 387 g/mol. The Kier molecular flexibility index (Phi) is 7.95. The molecule has 1 fully saturated rings. The number of guanidine groups is 1. The highest BCUT2D eigenvalue weighted by Gasteiger charge is 2.11. The Labute approximate surface area is 139 Å². The van der Waals surface area contributed by atoms with E-state index in [0.29, 0.717) is 18.5 Å². The molecule has 112 valence electrons. The van der Waals surface area contributed by atoms with Crippen LogP contribution >= 0.6 is 24.0 Å².